The summed E-state index contributed by atoms with van der Waals surface area (Å²) in [5, 5.41) is 3.31. The van der Waals surface area contributed by atoms with Crippen molar-refractivity contribution in [3.63, 3.8) is 0 Å². The van der Waals surface area contributed by atoms with Crippen LogP contribution in [0.5, 0.6) is 0 Å². The van der Waals surface area contributed by atoms with Gasteiger partial charge in [-0.25, -0.2) is 0 Å². The molecule has 2 heterocycles. The van der Waals surface area contributed by atoms with E-state index in [1.165, 1.54) is 11.4 Å². The second-order valence-corrected chi connectivity index (χ2v) is 2.74. The molecule has 0 aliphatic carbocycles. The number of nitrogens with zero attached hydrogens (tertiary/aromatic N) is 2. The van der Waals surface area contributed by atoms with Gasteiger partial charge in [-0.1, -0.05) is 13.8 Å². The maximum atomic E-state index is 4.07. The normalized spacial score (nSPS) is 13.6. The smallest absolute Gasteiger partial charge is 0.0786 e. The molecule has 72 valence electrons. The summed E-state index contributed by atoms with van der Waals surface area (Å²) in [5.74, 6) is 0. The first kappa shape index (κ1) is 9.84. The highest BCUT2D eigenvalue weighted by molar-refractivity contribution is 5.70. The first-order valence-electron chi connectivity index (χ1n) is 4.77. The van der Waals surface area contributed by atoms with E-state index in [0.29, 0.717) is 0 Å². The molecule has 3 heteroatoms. The maximum absolute atomic E-state index is 4.07. The van der Waals surface area contributed by atoms with Gasteiger partial charge < -0.3 is 10.2 Å². The van der Waals surface area contributed by atoms with Gasteiger partial charge in [-0.2, -0.15) is 0 Å². The summed E-state index contributed by atoms with van der Waals surface area (Å²) in [7, 11) is 2.08. The van der Waals surface area contributed by atoms with E-state index in [4.69, 9.17) is 0 Å². The fourth-order valence-corrected chi connectivity index (χ4v) is 1.32. The van der Waals surface area contributed by atoms with Crippen molar-refractivity contribution in [1.29, 1.82) is 0 Å². The fraction of sp³-hybridized carbons (Fsp3) is 0.500. The van der Waals surface area contributed by atoms with Crippen molar-refractivity contribution in [3.8, 4) is 0 Å². The Bertz CT molecular complexity index is 260. The Morgan fingerprint density at radius 1 is 1.46 bits per heavy atom. The lowest BCUT2D eigenvalue weighted by molar-refractivity contribution is 0.882. The van der Waals surface area contributed by atoms with Gasteiger partial charge in [-0.15, -0.1) is 0 Å². The van der Waals surface area contributed by atoms with Crippen LogP contribution in [0.15, 0.2) is 18.5 Å². The van der Waals surface area contributed by atoms with Gasteiger partial charge in [-0.05, 0) is 6.07 Å². The summed E-state index contributed by atoms with van der Waals surface area (Å²) < 4.78 is 0. The van der Waals surface area contributed by atoms with Crippen molar-refractivity contribution in [2.24, 2.45) is 0 Å². The van der Waals surface area contributed by atoms with Gasteiger partial charge in [0.1, 0.15) is 0 Å². The summed E-state index contributed by atoms with van der Waals surface area (Å²) in [5.41, 5.74) is 2.38. The van der Waals surface area contributed by atoms with Gasteiger partial charge in [0.25, 0.3) is 0 Å². The molecule has 0 spiro atoms. The number of aromatic nitrogens is 1. The number of fused-ring (bicyclic) bond motifs is 1. The molecule has 2 rings (SSSR count). The van der Waals surface area contributed by atoms with Crippen LogP contribution in [0.2, 0.25) is 0 Å². The molecule has 0 saturated carbocycles. The molecule has 0 fully saturated rings. The van der Waals surface area contributed by atoms with Crippen LogP contribution in [-0.2, 0) is 0 Å². The molecule has 0 radical (unpaired) electrons. The van der Waals surface area contributed by atoms with Crippen molar-refractivity contribution in [2.75, 3.05) is 30.4 Å². The average Bonchev–Trinajstić information content (AvgIpc) is 2.22. The zero-order chi connectivity index (χ0) is 9.68. The number of likely N-dealkylation sites (N-methyl/N-ethyl adjacent to an activating group) is 1. The molecule has 1 aromatic rings. The molecular weight excluding hydrogens is 162 g/mol. The molecule has 3 nitrogen and oxygen atoms in total. The summed E-state index contributed by atoms with van der Waals surface area (Å²) in [4.78, 5) is 6.27. The lowest BCUT2D eigenvalue weighted by Crippen LogP contribution is -2.30. The maximum Gasteiger partial charge on any atom is 0.0786 e. The van der Waals surface area contributed by atoms with Crippen molar-refractivity contribution in [2.45, 2.75) is 13.8 Å². The molecule has 1 aliphatic heterocycles. The highest BCUT2D eigenvalue weighted by Crippen LogP contribution is 2.25. The predicted molar refractivity (Wildman–Crippen MR) is 57.3 cm³/mol. The van der Waals surface area contributed by atoms with Gasteiger partial charge in [0.15, 0.2) is 0 Å². The monoisotopic (exact) mass is 179 g/mol. The van der Waals surface area contributed by atoms with Crippen LogP contribution in [0.25, 0.3) is 0 Å². The number of nitrogens with one attached hydrogen (secondary N) is 1. The molecular formula is C10H17N3. The lowest BCUT2D eigenvalue weighted by atomic mass is 10.2. The Hall–Kier alpha value is -1.25. The van der Waals surface area contributed by atoms with Crippen molar-refractivity contribution in [1.82, 2.24) is 4.98 Å². The Kier molecular flexibility index (Phi) is 3.55. The van der Waals surface area contributed by atoms with Crippen LogP contribution in [0.4, 0.5) is 11.4 Å². The van der Waals surface area contributed by atoms with Crippen LogP contribution in [0.3, 0.4) is 0 Å². The first-order valence-corrected chi connectivity index (χ1v) is 4.77. The fourth-order valence-electron chi connectivity index (χ4n) is 1.32. The van der Waals surface area contributed by atoms with E-state index in [-0.39, 0.29) is 0 Å². The van der Waals surface area contributed by atoms with E-state index >= 15 is 0 Å². The third-order valence-corrected chi connectivity index (χ3v) is 1.97. The third kappa shape index (κ3) is 2.11. The molecule has 0 saturated heterocycles. The van der Waals surface area contributed by atoms with Gasteiger partial charge >= 0.3 is 0 Å². The summed E-state index contributed by atoms with van der Waals surface area (Å²) in [6.45, 7) is 6.08. The molecule has 1 N–H and O–H groups in total. The highest BCUT2D eigenvalue weighted by Gasteiger charge is 2.11. The van der Waals surface area contributed by atoms with Crippen LogP contribution in [0.1, 0.15) is 13.8 Å². The van der Waals surface area contributed by atoms with Gasteiger partial charge in [0.05, 0.1) is 17.6 Å². The van der Waals surface area contributed by atoms with Crippen molar-refractivity contribution >= 4 is 11.4 Å². The number of rotatable bonds is 0. The average molecular weight is 179 g/mol. The quantitative estimate of drug-likeness (QED) is 0.660. The van der Waals surface area contributed by atoms with E-state index < -0.39 is 0 Å². The van der Waals surface area contributed by atoms with Crippen molar-refractivity contribution < 1.29 is 0 Å². The van der Waals surface area contributed by atoms with Gasteiger partial charge in [0, 0.05) is 26.3 Å². The standard InChI is InChI=1S/C8H11N3.C2H6/c1-11-5-4-10-7-2-3-9-6-8(7)11;1-2/h2-3,6,10H,4-5H2,1H3;1-2H3. The summed E-state index contributed by atoms with van der Waals surface area (Å²) in [6, 6.07) is 2.00. The zero-order valence-corrected chi connectivity index (χ0v) is 8.54. The molecule has 0 unspecified atom stereocenters. The van der Waals surface area contributed by atoms with Crippen molar-refractivity contribution in [3.05, 3.63) is 18.5 Å². The largest absolute Gasteiger partial charge is 0.382 e. The zero-order valence-electron chi connectivity index (χ0n) is 8.54. The van der Waals surface area contributed by atoms with Crippen LogP contribution in [0, 0.1) is 0 Å². The summed E-state index contributed by atoms with van der Waals surface area (Å²) >= 11 is 0. The van der Waals surface area contributed by atoms with Crippen LogP contribution in [-0.4, -0.2) is 25.1 Å². The molecule has 13 heavy (non-hydrogen) atoms. The van der Waals surface area contributed by atoms with E-state index in [2.05, 4.69) is 22.2 Å². The minimum atomic E-state index is 1.02. The minimum absolute atomic E-state index is 1.02. The lowest BCUT2D eigenvalue weighted by Gasteiger charge is -2.27. The second kappa shape index (κ2) is 4.70. The number of anilines is 2. The number of pyridine rings is 1. The van der Waals surface area contributed by atoms with E-state index in [1.807, 2.05) is 32.3 Å². The highest BCUT2D eigenvalue weighted by atomic mass is 15.2. The first-order chi connectivity index (χ1) is 6.38. The van der Waals surface area contributed by atoms with Gasteiger partial charge in [0.2, 0.25) is 0 Å². The molecule has 1 aromatic heterocycles. The Labute approximate surface area is 79.8 Å². The van der Waals surface area contributed by atoms with Crippen LogP contribution >= 0.6 is 0 Å². The molecule has 1 aliphatic rings. The summed E-state index contributed by atoms with van der Waals surface area (Å²) in [6.07, 6.45) is 3.70. The number of hydrogen-bond donors (Lipinski definition) is 1. The topological polar surface area (TPSA) is 28.2 Å². The molecule has 0 bridgehead atoms. The van der Waals surface area contributed by atoms with Gasteiger partial charge in [-0.3, -0.25) is 4.98 Å². The van der Waals surface area contributed by atoms with E-state index in [0.717, 1.165) is 13.1 Å². The number of hydrogen-bond acceptors (Lipinski definition) is 3. The van der Waals surface area contributed by atoms with E-state index in [1.54, 1.807) is 0 Å². The predicted octanol–water partition coefficient (Wildman–Crippen LogP) is 1.97. The Morgan fingerprint density at radius 2 is 2.23 bits per heavy atom. The van der Waals surface area contributed by atoms with Crippen LogP contribution < -0.4 is 10.2 Å². The second-order valence-electron chi connectivity index (χ2n) is 2.74. The Balaban J connectivity index is 0.000000396. The third-order valence-electron chi connectivity index (χ3n) is 1.97. The minimum Gasteiger partial charge on any atom is -0.382 e. The van der Waals surface area contributed by atoms with E-state index in [9.17, 15) is 0 Å². The Morgan fingerprint density at radius 3 is 2.92 bits per heavy atom. The molecule has 0 amide bonds. The SMILES string of the molecule is CC.CN1CCNc2ccncc21. The molecule has 0 aromatic carbocycles. The molecule has 0 atom stereocenters.